The first kappa shape index (κ1) is 22.3. The zero-order chi connectivity index (χ0) is 23.5. The van der Waals surface area contributed by atoms with Crippen LogP contribution in [0.15, 0.2) is 17.7 Å². The van der Waals surface area contributed by atoms with E-state index in [1.807, 2.05) is 6.92 Å². The van der Waals surface area contributed by atoms with Gasteiger partial charge in [-0.3, -0.25) is 19.8 Å². The third-order valence-electron chi connectivity index (χ3n) is 8.26. The molecule has 1 aromatic carbocycles. The van der Waals surface area contributed by atoms with E-state index in [-0.39, 0.29) is 17.0 Å². The third kappa shape index (κ3) is 3.61. The Hall–Kier alpha value is -2.54. The number of hydrogen-bond donors (Lipinski definition) is 1. The Morgan fingerprint density at radius 2 is 1.67 bits per heavy atom. The molecule has 1 aliphatic heterocycles. The fourth-order valence-electron chi connectivity index (χ4n) is 7.17. The number of carbonyl (C=O) groups excluding carboxylic acids is 3. The molecule has 0 unspecified atom stereocenters. The van der Waals surface area contributed by atoms with Crippen LogP contribution in [0, 0.1) is 23.2 Å². The van der Waals surface area contributed by atoms with E-state index in [9.17, 15) is 14.4 Å². The highest BCUT2D eigenvalue weighted by molar-refractivity contribution is 6.33. The van der Waals surface area contributed by atoms with E-state index in [0.29, 0.717) is 39.8 Å². The molecule has 0 spiro atoms. The van der Waals surface area contributed by atoms with Gasteiger partial charge in [0.05, 0.1) is 19.2 Å². The predicted molar refractivity (Wildman–Crippen MR) is 123 cm³/mol. The van der Waals surface area contributed by atoms with Gasteiger partial charge in [0, 0.05) is 6.04 Å². The molecule has 4 saturated carbocycles. The summed E-state index contributed by atoms with van der Waals surface area (Å²) < 4.78 is 10.6. The van der Waals surface area contributed by atoms with E-state index < -0.39 is 17.8 Å². The molecule has 0 aromatic heterocycles. The van der Waals surface area contributed by atoms with Crippen LogP contribution in [-0.4, -0.2) is 43.0 Å². The molecular weight excluding hydrogens is 444 g/mol. The molecule has 7 nitrogen and oxygen atoms in total. The van der Waals surface area contributed by atoms with Gasteiger partial charge in [0.15, 0.2) is 11.5 Å². The number of imide groups is 2. The maximum Gasteiger partial charge on any atom is 0.331 e. The highest BCUT2D eigenvalue weighted by Crippen LogP contribution is 2.62. The van der Waals surface area contributed by atoms with E-state index in [2.05, 4.69) is 5.32 Å². The highest BCUT2D eigenvalue weighted by Gasteiger charge is 2.56. The second-order valence-corrected chi connectivity index (χ2v) is 10.6. The summed E-state index contributed by atoms with van der Waals surface area (Å²) in [4.78, 5) is 40.4. The summed E-state index contributed by atoms with van der Waals surface area (Å²) >= 11 is 6.30. The van der Waals surface area contributed by atoms with Crippen LogP contribution in [0.1, 0.15) is 51.0 Å². The van der Waals surface area contributed by atoms with Crippen molar-refractivity contribution in [3.63, 3.8) is 0 Å². The number of amides is 4. The van der Waals surface area contributed by atoms with Crippen molar-refractivity contribution >= 4 is 35.5 Å². The average molecular weight is 473 g/mol. The first-order chi connectivity index (χ1) is 15.7. The van der Waals surface area contributed by atoms with Gasteiger partial charge in [0.2, 0.25) is 0 Å². The summed E-state index contributed by atoms with van der Waals surface area (Å²) in [6, 6.07) is 2.33. The second kappa shape index (κ2) is 8.05. The summed E-state index contributed by atoms with van der Waals surface area (Å²) in [5.41, 5.74) is 0.363. The van der Waals surface area contributed by atoms with Crippen LogP contribution in [0.2, 0.25) is 5.02 Å². The van der Waals surface area contributed by atoms with Crippen molar-refractivity contribution in [1.29, 1.82) is 0 Å². The normalized spacial score (nSPS) is 32.8. The standard InChI is InChI=1S/C25H29ClN2O5/c1-13(25-10-15-4-16(11-25)6-17(5-15)12-25)28-23(30)18(22(29)27-24(28)31)7-14-8-19(26)21(33-3)20(9-14)32-2/h7-9,13,15-17H,4-6,10-12H2,1-3H3,(H,27,29,31)/b18-7+/t13-,15?,16?,17?,25?/m1/s1. The van der Waals surface area contributed by atoms with Crippen LogP contribution in [0.3, 0.4) is 0 Å². The van der Waals surface area contributed by atoms with Crippen LogP contribution < -0.4 is 14.8 Å². The van der Waals surface area contributed by atoms with Crippen molar-refractivity contribution in [2.24, 2.45) is 23.2 Å². The molecule has 1 heterocycles. The predicted octanol–water partition coefficient (Wildman–Crippen LogP) is 4.42. The summed E-state index contributed by atoms with van der Waals surface area (Å²) in [5, 5.41) is 2.67. The molecule has 33 heavy (non-hydrogen) atoms. The number of carbonyl (C=O) groups is 3. The lowest BCUT2D eigenvalue weighted by atomic mass is 9.47. The zero-order valence-electron chi connectivity index (χ0n) is 19.2. The molecule has 1 atom stereocenters. The summed E-state index contributed by atoms with van der Waals surface area (Å²) in [7, 11) is 2.96. The Bertz CT molecular complexity index is 1030. The second-order valence-electron chi connectivity index (χ2n) is 10.2. The first-order valence-corrected chi connectivity index (χ1v) is 11.9. The van der Waals surface area contributed by atoms with Gasteiger partial charge >= 0.3 is 6.03 Å². The number of ether oxygens (including phenoxy) is 2. The monoisotopic (exact) mass is 472 g/mol. The molecule has 0 radical (unpaired) electrons. The molecule has 1 saturated heterocycles. The number of benzene rings is 1. The number of hydrogen-bond acceptors (Lipinski definition) is 5. The number of nitrogens with zero attached hydrogens (tertiary/aromatic N) is 1. The van der Waals surface area contributed by atoms with Gasteiger partial charge in [0.25, 0.3) is 11.8 Å². The minimum atomic E-state index is -0.704. The molecule has 5 aliphatic rings. The Kier molecular flexibility index (Phi) is 5.43. The Labute approximate surface area is 198 Å². The lowest BCUT2D eigenvalue weighted by Crippen LogP contribution is -2.63. The molecule has 1 aromatic rings. The van der Waals surface area contributed by atoms with Crippen molar-refractivity contribution in [3.05, 3.63) is 28.3 Å². The van der Waals surface area contributed by atoms with Crippen LogP contribution in [0.5, 0.6) is 11.5 Å². The van der Waals surface area contributed by atoms with Crippen molar-refractivity contribution in [1.82, 2.24) is 10.2 Å². The average Bonchev–Trinajstić information content (AvgIpc) is 2.75. The summed E-state index contributed by atoms with van der Waals surface area (Å²) in [6.45, 7) is 1.98. The van der Waals surface area contributed by atoms with E-state index in [1.54, 1.807) is 12.1 Å². The lowest BCUT2D eigenvalue weighted by Gasteiger charge is -2.60. The minimum absolute atomic E-state index is 0.0557. The van der Waals surface area contributed by atoms with Crippen LogP contribution >= 0.6 is 11.6 Å². The number of methoxy groups -OCH3 is 2. The van der Waals surface area contributed by atoms with E-state index in [1.165, 1.54) is 44.5 Å². The summed E-state index contributed by atoms with van der Waals surface area (Å²) in [6.07, 6.45) is 8.43. The van der Waals surface area contributed by atoms with Gasteiger partial charge in [-0.2, -0.15) is 0 Å². The largest absolute Gasteiger partial charge is 0.493 e. The topological polar surface area (TPSA) is 84.9 Å². The Morgan fingerprint density at radius 1 is 1.06 bits per heavy atom. The van der Waals surface area contributed by atoms with Gasteiger partial charge in [-0.05, 0) is 92.4 Å². The fourth-order valence-corrected chi connectivity index (χ4v) is 7.47. The van der Waals surface area contributed by atoms with E-state index >= 15 is 0 Å². The van der Waals surface area contributed by atoms with Gasteiger partial charge in [0.1, 0.15) is 5.57 Å². The maximum atomic E-state index is 13.5. The molecule has 5 fully saturated rings. The number of barbiturate groups is 1. The van der Waals surface area contributed by atoms with Crippen LogP contribution in [0.25, 0.3) is 6.08 Å². The molecule has 4 bridgehead atoms. The molecule has 6 rings (SSSR count). The number of urea groups is 1. The molecule has 176 valence electrons. The lowest BCUT2D eigenvalue weighted by molar-refractivity contribution is -0.139. The number of rotatable bonds is 5. The Morgan fingerprint density at radius 3 is 2.21 bits per heavy atom. The molecule has 4 amide bonds. The van der Waals surface area contributed by atoms with Crippen molar-refractivity contribution in [3.8, 4) is 11.5 Å². The van der Waals surface area contributed by atoms with Gasteiger partial charge < -0.3 is 9.47 Å². The zero-order valence-corrected chi connectivity index (χ0v) is 19.9. The number of nitrogens with one attached hydrogen (secondary N) is 1. The summed E-state index contributed by atoms with van der Waals surface area (Å²) in [5.74, 6) is 1.55. The molecule has 8 heteroatoms. The van der Waals surface area contributed by atoms with Crippen molar-refractivity contribution in [2.45, 2.75) is 51.5 Å². The minimum Gasteiger partial charge on any atom is -0.493 e. The number of halogens is 1. The van der Waals surface area contributed by atoms with Crippen molar-refractivity contribution in [2.75, 3.05) is 14.2 Å². The van der Waals surface area contributed by atoms with E-state index in [4.69, 9.17) is 21.1 Å². The first-order valence-electron chi connectivity index (χ1n) is 11.6. The van der Waals surface area contributed by atoms with Gasteiger partial charge in [-0.15, -0.1) is 0 Å². The Balaban J connectivity index is 1.48. The molecule has 1 N–H and O–H groups in total. The quantitative estimate of drug-likeness (QED) is 0.506. The van der Waals surface area contributed by atoms with Crippen LogP contribution in [0.4, 0.5) is 4.79 Å². The molecular formula is C25H29ClN2O5. The van der Waals surface area contributed by atoms with Crippen molar-refractivity contribution < 1.29 is 23.9 Å². The van der Waals surface area contributed by atoms with E-state index in [0.717, 1.165) is 19.3 Å². The SMILES string of the molecule is COc1cc(/C=C2\C(=O)NC(=O)N([C@H](C)C34CC5CC(CC(C5)C3)C4)C2=O)cc(Cl)c1OC. The van der Waals surface area contributed by atoms with Gasteiger partial charge in [-0.1, -0.05) is 11.6 Å². The fraction of sp³-hybridized carbons (Fsp3) is 0.560. The maximum absolute atomic E-state index is 13.5. The van der Waals surface area contributed by atoms with Gasteiger partial charge in [-0.25, -0.2) is 4.79 Å². The molecule has 4 aliphatic carbocycles. The van der Waals surface area contributed by atoms with Crippen LogP contribution in [-0.2, 0) is 9.59 Å². The highest BCUT2D eigenvalue weighted by atomic mass is 35.5. The third-order valence-corrected chi connectivity index (χ3v) is 8.54. The smallest absolute Gasteiger partial charge is 0.331 e.